The van der Waals surface area contributed by atoms with Crippen LogP contribution in [0.5, 0.6) is 0 Å². The fraction of sp³-hybridized carbons (Fsp3) is 0.250. The van der Waals surface area contributed by atoms with Gasteiger partial charge in [-0.2, -0.15) is 5.11 Å². The van der Waals surface area contributed by atoms with Crippen molar-refractivity contribution in [2.75, 3.05) is 26.2 Å². The Morgan fingerprint density at radius 2 is 1.73 bits per heavy atom. The van der Waals surface area contributed by atoms with Gasteiger partial charge in [0.05, 0.1) is 44.8 Å². The van der Waals surface area contributed by atoms with E-state index in [9.17, 15) is 4.79 Å². The monoisotopic (exact) mass is 350 g/mol. The summed E-state index contributed by atoms with van der Waals surface area (Å²) in [6, 6.07) is 17.3. The molecule has 2 aromatic rings. The highest BCUT2D eigenvalue weighted by atomic mass is 16.1. The molecule has 1 heterocycles. The maximum absolute atomic E-state index is 12.4. The summed E-state index contributed by atoms with van der Waals surface area (Å²) in [5, 5.41) is 10.3. The molecule has 1 aliphatic rings. The summed E-state index contributed by atoms with van der Waals surface area (Å²) in [4.78, 5) is 12.4. The number of para-hydroxylation sites is 1. The zero-order valence-electron chi connectivity index (χ0n) is 15.5. The second kappa shape index (κ2) is 7.19. The highest BCUT2D eigenvalue weighted by Gasteiger charge is 2.26. The summed E-state index contributed by atoms with van der Waals surface area (Å²) in [7, 11) is 6.28. The molecule has 0 saturated carbocycles. The third-order valence-electron chi connectivity index (χ3n) is 4.14. The first-order valence-electron chi connectivity index (χ1n) is 8.55. The van der Waals surface area contributed by atoms with Crippen LogP contribution < -0.4 is 14.9 Å². The van der Waals surface area contributed by atoms with E-state index in [1.807, 2.05) is 66.5 Å². The number of nitrogens with one attached hydrogen (secondary N) is 1. The van der Waals surface area contributed by atoms with Gasteiger partial charge in [0.25, 0.3) is 0 Å². The SMILES string of the molecule is CC1NN(c2ccccc2)C=C(N=Nc2cccc([N+](C)(C)C)c2)C1=O. The Balaban J connectivity index is 1.88. The quantitative estimate of drug-likeness (QED) is 0.674. The number of carbonyl (C=O) groups excluding carboxylic acids is 1. The Kier molecular flexibility index (Phi) is 4.97. The lowest BCUT2D eigenvalue weighted by atomic mass is 10.1. The van der Waals surface area contributed by atoms with Crippen molar-refractivity contribution >= 4 is 22.8 Å². The van der Waals surface area contributed by atoms with E-state index < -0.39 is 0 Å². The van der Waals surface area contributed by atoms with Gasteiger partial charge in [0.1, 0.15) is 11.4 Å². The van der Waals surface area contributed by atoms with Gasteiger partial charge in [0.15, 0.2) is 0 Å². The Labute approximate surface area is 154 Å². The van der Waals surface area contributed by atoms with E-state index in [-0.39, 0.29) is 11.8 Å². The first-order chi connectivity index (χ1) is 12.3. The Hall–Kier alpha value is -2.83. The number of Topliss-reactive ketones (excluding diaryl/α,β-unsaturated/α-hetero) is 1. The molecule has 1 unspecified atom stereocenters. The molecule has 0 bridgehead atoms. The minimum atomic E-state index is -0.369. The van der Waals surface area contributed by atoms with Gasteiger partial charge in [-0.1, -0.05) is 24.3 Å². The lowest BCUT2D eigenvalue weighted by molar-refractivity contribution is -0.117. The second-order valence-electron chi connectivity index (χ2n) is 7.17. The summed E-state index contributed by atoms with van der Waals surface area (Å²) >= 11 is 0. The van der Waals surface area contributed by atoms with Gasteiger partial charge in [-0.3, -0.25) is 14.3 Å². The molecule has 0 aliphatic carbocycles. The van der Waals surface area contributed by atoms with Crippen LogP contribution in [0, 0.1) is 0 Å². The van der Waals surface area contributed by atoms with Crippen LogP contribution in [-0.4, -0.2) is 33.0 Å². The summed E-state index contributed by atoms with van der Waals surface area (Å²) in [5.41, 5.74) is 6.25. The summed E-state index contributed by atoms with van der Waals surface area (Å²) in [5.74, 6) is -0.0799. The number of rotatable bonds is 4. The summed E-state index contributed by atoms with van der Waals surface area (Å²) in [6.07, 6.45) is 1.69. The van der Waals surface area contributed by atoms with E-state index >= 15 is 0 Å². The van der Waals surface area contributed by atoms with Crippen molar-refractivity contribution in [3.63, 3.8) is 0 Å². The maximum Gasteiger partial charge on any atom is 0.203 e. The van der Waals surface area contributed by atoms with E-state index in [4.69, 9.17) is 0 Å². The molecule has 0 aromatic heterocycles. The number of hydrogen-bond donors (Lipinski definition) is 1. The van der Waals surface area contributed by atoms with E-state index in [0.29, 0.717) is 10.2 Å². The molecule has 0 amide bonds. The normalized spacial score (nSPS) is 18.3. The van der Waals surface area contributed by atoms with Crippen LogP contribution in [-0.2, 0) is 4.79 Å². The van der Waals surface area contributed by atoms with Gasteiger partial charge in [0, 0.05) is 6.07 Å². The minimum absolute atomic E-state index is 0.0799. The largest absolute Gasteiger partial charge is 0.298 e. The molecule has 1 N–H and O–H groups in total. The molecule has 26 heavy (non-hydrogen) atoms. The van der Waals surface area contributed by atoms with Crippen molar-refractivity contribution in [2.24, 2.45) is 10.2 Å². The molecule has 3 rings (SSSR count). The average molecular weight is 350 g/mol. The van der Waals surface area contributed by atoms with Crippen molar-refractivity contribution in [1.82, 2.24) is 9.91 Å². The lowest BCUT2D eigenvalue weighted by Crippen LogP contribution is -2.48. The Morgan fingerprint density at radius 1 is 1.00 bits per heavy atom. The molecular formula is C20H24N5O+. The predicted molar refractivity (Wildman–Crippen MR) is 105 cm³/mol. The van der Waals surface area contributed by atoms with Gasteiger partial charge in [-0.15, -0.1) is 5.11 Å². The third-order valence-corrected chi connectivity index (χ3v) is 4.14. The molecule has 2 aromatic carbocycles. The second-order valence-corrected chi connectivity index (χ2v) is 7.17. The Morgan fingerprint density at radius 3 is 2.42 bits per heavy atom. The van der Waals surface area contributed by atoms with Crippen LogP contribution in [0.4, 0.5) is 17.1 Å². The van der Waals surface area contributed by atoms with Gasteiger partial charge in [0.2, 0.25) is 5.78 Å². The third kappa shape index (κ3) is 4.04. The van der Waals surface area contributed by atoms with Crippen LogP contribution in [0.1, 0.15) is 6.92 Å². The number of quaternary nitrogens is 1. The molecule has 1 aliphatic heterocycles. The van der Waals surface area contributed by atoms with Gasteiger partial charge >= 0.3 is 0 Å². The van der Waals surface area contributed by atoms with E-state index in [2.05, 4.69) is 36.8 Å². The number of nitrogens with zero attached hydrogens (tertiary/aromatic N) is 4. The number of benzene rings is 2. The molecule has 0 fully saturated rings. The van der Waals surface area contributed by atoms with Crippen molar-refractivity contribution in [3.05, 3.63) is 66.5 Å². The van der Waals surface area contributed by atoms with Gasteiger partial charge in [-0.05, 0) is 31.2 Å². The number of ketones is 1. The molecule has 0 saturated heterocycles. The molecular weight excluding hydrogens is 326 g/mol. The number of azo groups is 1. The summed E-state index contributed by atoms with van der Waals surface area (Å²) in [6.45, 7) is 1.82. The zero-order valence-corrected chi connectivity index (χ0v) is 15.5. The van der Waals surface area contributed by atoms with Gasteiger partial charge < -0.3 is 0 Å². The topological polar surface area (TPSA) is 57.1 Å². The van der Waals surface area contributed by atoms with E-state index in [1.54, 1.807) is 6.20 Å². The van der Waals surface area contributed by atoms with Crippen molar-refractivity contribution in [3.8, 4) is 0 Å². The van der Waals surface area contributed by atoms with E-state index in [0.717, 1.165) is 17.1 Å². The van der Waals surface area contributed by atoms with Gasteiger partial charge in [-0.25, -0.2) is 5.43 Å². The summed E-state index contributed by atoms with van der Waals surface area (Å²) < 4.78 is 0.688. The Bertz CT molecular complexity index is 852. The smallest absolute Gasteiger partial charge is 0.203 e. The van der Waals surface area contributed by atoms with Crippen molar-refractivity contribution in [2.45, 2.75) is 13.0 Å². The fourth-order valence-electron chi connectivity index (χ4n) is 2.61. The molecule has 134 valence electrons. The van der Waals surface area contributed by atoms with Crippen molar-refractivity contribution < 1.29 is 4.79 Å². The zero-order chi connectivity index (χ0) is 18.7. The molecule has 1 atom stereocenters. The minimum Gasteiger partial charge on any atom is -0.298 e. The highest BCUT2D eigenvalue weighted by molar-refractivity contribution is 6.00. The van der Waals surface area contributed by atoms with Crippen LogP contribution in [0.2, 0.25) is 0 Å². The molecule has 6 heteroatoms. The predicted octanol–water partition coefficient (Wildman–Crippen LogP) is 3.79. The van der Waals surface area contributed by atoms with Crippen LogP contribution in [0.25, 0.3) is 0 Å². The van der Waals surface area contributed by atoms with Crippen LogP contribution >= 0.6 is 0 Å². The highest BCUT2D eigenvalue weighted by Crippen LogP contribution is 2.25. The molecule has 6 nitrogen and oxygen atoms in total. The van der Waals surface area contributed by atoms with E-state index in [1.165, 1.54) is 0 Å². The maximum atomic E-state index is 12.4. The standard InChI is InChI=1S/C20H24N5O/c1-15-20(26)19(14-24(23-15)17-10-6-5-7-11-17)22-21-16-9-8-12-18(13-16)25(2,3)4/h5-15,23H,1-4H3/q+1. The average Bonchev–Trinajstić information content (AvgIpc) is 2.63. The molecule has 0 radical (unpaired) electrons. The number of anilines is 1. The fourth-order valence-corrected chi connectivity index (χ4v) is 2.61. The number of carbonyl (C=O) groups is 1. The molecule has 0 spiro atoms. The van der Waals surface area contributed by atoms with Crippen LogP contribution in [0.3, 0.4) is 0 Å². The number of hydrazine groups is 1. The first kappa shape index (κ1) is 18.0. The first-order valence-corrected chi connectivity index (χ1v) is 8.55. The number of hydrogen-bond acceptors (Lipinski definition) is 5. The lowest BCUT2D eigenvalue weighted by Gasteiger charge is -2.29. The van der Waals surface area contributed by atoms with Crippen LogP contribution in [0.15, 0.2) is 76.7 Å². The van der Waals surface area contributed by atoms with Crippen molar-refractivity contribution in [1.29, 1.82) is 0 Å².